The van der Waals surface area contributed by atoms with Crippen molar-refractivity contribution in [2.45, 2.75) is 39.9 Å². The molecule has 4 radical (unpaired) electrons. The van der Waals surface area contributed by atoms with Crippen LogP contribution < -0.4 is 0 Å². The first-order valence-corrected chi connectivity index (χ1v) is 5.23. The van der Waals surface area contributed by atoms with Crippen molar-refractivity contribution in [3.05, 3.63) is 0 Å². The van der Waals surface area contributed by atoms with Crippen LogP contribution in [0.4, 0.5) is 0 Å². The lowest BCUT2D eigenvalue weighted by Gasteiger charge is -2.06. The Hall–Kier alpha value is 0.314. The Bertz CT molecular complexity index is 77.9. The van der Waals surface area contributed by atoms with E-state index in [0.717, 1.165) is 0 Å². The molecule has 0 aromatic carbocycles. The zero-order valence-corrected chi connectivity index (χ0v) is 9.38. The smallest absolute Gasteiger partial charge is 0.411 e. The molecular formula is C6H14O3Si2. The Morgan fingerprint density at radius 3 is 1.45 bits per heavy atom. The van der Waals surface area contributed by atoms with Gasteiger partial charge in [-0.15, -0.1) is 0 Å². The highest BCUT2D eigenvalue weighted by Crippen LogP contribution is 1.87. The van der Waals surface area contributed by atoms with Gasteiger partial charge in [0.2, 0.25) is 0 Å². The first kappa shape index (κ1) is 11.3. The standard InChI is InChI=1S/C6H14O3Si2/c1-5(2)7-10-9-11-8-6(3)4/h5-6H,1-4H3. The summed E-state index contributed by atoms with van der Waals surface area (Å²) in [5, 5.41) is 0. The summed E-state index contributed by atoms with van der Waals surface area (Å²) < 4.78 is 15.4. The van der Waals surface area contributed by atoms with E-state index in [-0.39, 0.29) is 32.2 Å². The molecule has 0 fully saturated rings. The normalized spacial score (nSPS) is 11.5. The minimum absolute atomic E-state index is 0.0994. The van der Waals surface area contributed by atoms with Crippen molar-refractivity contribution in [2.24, 2.45) is 0 Å². The molecule has 11 heavy (non-hydrogen) atoms. The highest BCUT2D eigenvalue weighted by atomic mass is 28.3. The maximum atomic E-state index is 5.16. The summed E-state index contributed by atoms with van der Waals surface area (Å²) in [6.07, 6.45) is 0.467. The molecule has 64 valence electrons. The van der Waals surface area contributed by atoms with Crippen molar-refractivity contribution in [3.8, 4) is 0 Å². The molecule has 0 aromatic heterocycles. The first-order chi connectivity index (χ1) is 5.13. The Labute approximate surface area is 73.5 Å². The highest BCUT2D eigenvalue weighted by Gasteiger charge is 2.00. The second-order valence-electron chi connectivity index (χ2n) is 2.60. The van der Waals surface area contributed by atoms with Gasteiger partial charge in [-0.1, -0.05) is 0 Å². The van der Waals surface area contributed by atoms with Crippen molar-refractivity contribution in [1.29, 1.82) is 0 Å². The molecule has 0 spiro atoms. The molecular weight excluding hydrogens is 176 g/mol. The van der Waals surface area contributed by atoms with Crippen LogP contribution in [0.3, 0.4) is 0 Å². The fourth-order valence-electron chi connectivity index (χ4n) is 0.258. The van der Waals surface area contributed by atoms with Gasteiger partial charge in [0.05, 0.1) is 0 Å². The SMILES string of the molecule is CC(C)O[Si]O[Si]OC(C)C. The van der Waals surface area contributed by atoms with E-state index in [1.807, 2.05) is 27.7 Å². The Balaban J connectivity index is 2.91. The number of hydrogen-bond donors (Lipinski definition) is 0. The van der Waals surface area contributed by atoms with E-state index in [1.165, 1.54) is 0 Å². The van der Waals surface area contributed by atoms with Crippen molar-refractivity contribution in [3.63, 3.8) is 0 Å². The van der Waals surface area contributed by atoms with Gasteiger partial charge in [-0.25, -0.2) is 0 Å². The van der Waals surface area contributed by atoms with Crippen molar-refractivity contribution < 1.29 is 13.0 Å². The third-order valence-corrected chi connectivity index (χ3v) is 2.45. The summed E-state index contributed by atoms with van der Waals surface area (Å²) >= 11 is 0. The largest absolute Gasteiger partial charge is 0.423 e. The molecule has 5 heteroatoms. The summed E-state index contributed by atoms with van der Waals surface area (Å²) in [5.74, 6) is 0. The van der Waals surface area contributed by atoms with Gasteiger partial charge in [0.25, 0.3) is 0 Å². The minimum Gasteiger partial charge on any atom is -0.411 e. The average Bonchev–Trinajstić information content (AvgIpc) is 1.85. The van der Waals surface area contributed by atoms with Crippen LogP contribution in [0.2, 0.25) is 0 Å². The predicted octanol–water partition coefficient (Wildman–Crippen LogP) is 0.921. The first-order valence-electron chi connectivity index (χ1n) is 3.60. The Morgan fingerprint density at radius 2 is 1.18 bits per heavy atom. The fourth-order valence-corrected chi connectivity index (χ4v) is 1.16. The van der Waals surface area contributed by atoms with E-state index in [2.05, 4.69) is 0 Å². The van der Waals surface area contributed by atoms with Crippen LogP contribution in [0.25, 0.3) is 0 Å². The summed E-state index contributed by atoms with van der Waals surface area (Å²) in [7, 11) is 0.199. The van der Waals surface area contributed by atoms with Crippen LogP contribution in [0, 0.1) is 0 Å². The second-order valence-corrected chi connectivity index (χ2v) is 4.22. The molecule has 3 nitrogen and oxygen atoms in total. The molecule has 0 heterocycles. The Kier molecular flexibility index (Phi) is 7.19. The van der Waals surface area contributed by atoms with Crippen LogP contribution >= 0.6 is 0 Å². The molecule has 0 saturated heterocycles. The number of hydrogen-bond acceptors (Lipinski definition) is 3. The predicted molar refractivity (Wildman–Crippen MR) is 45.0 cm³/mol. The molecule has 0 aromatic rings. The lowest BCUT2D eigenvalue weighted by atomic mass is 10.5. The molecule has 0 aliphatic carbocycles. The van der Waals surface area contributed by atoms with Crippen LogP contribution in [-0.4, -0.2) is 32.2 Å². The minimum atomic E-state index is 0.0994. The van der Waals surface area contributed by atoms with Crippen molar-refractivity contribution >= 4 is 20.0 Å². The fraction of sp³-hybridized carbons (Fsp3) is 1.00. The topological polar surface area (TPSA) is 27.7 Å². The van der Waals surface area contributed by atoms with Gasteiger partial charge in [-0.3, -0.25) is 0 Å². The van der Waals surface area contributed by atoms with Crippen molar-refractivity contribution in [2.75, 3.05) is 0 Å². The van der Waals surface area contributed by atoms with Gasteiger partial charge >= 0.3 is 20.0 Å². The number of rotatable bonds is 6. The molecule has 0 amide bonds. The summed E-state index contributed by atoms with van der Waals surface area (Å²) in [5.41, 5.74) is 0. The molecule has 0 unspecified atom stereocenters. The zero-order chi connectivity index (χ0) is 8.69. The molecule has 0 aliphatic rings. The second kappa shape index (κ2) is 6.99. The maximum Gasteiger partial charge on any atom is 0.423 e. The van der Waals surface area contributed by atoms with Crippen LogP contribution in [0.5, 0.6) is 0 Å². The summed E-state index contributed by atoms with van der Waals surface area (Å²) in [6, 6.07) is 0. The van der Waals surface area contributed by atoms with E-state index in [9.17, 15) is 0 Å². The molecule has 0 atom stereocenters. The molecule has 0 rings (SSSR count). The van der Waals surface area contributed by atoms with Gasteiger partial charge < -0.3 is 13.0 Å². The summed E-state index contributed by atoms with van der Waals surface area (Å²) in [4.78, 5) is 0. The lowest BCUT2D eigenvalue weighted by Crippen LogP contribution is -2.17. The molecule has 0 N–H and O–H groups in total. The Morgan fingerprint density at radius 1 is 0.818 bits per heavy atom. The van der Waals surface area contributed by atoms with Gasteiger partial charge in [-0.2, -0.15) is 0 Å². The quantitative estimate of drug-likeness (QED) is 0.460. The van der Waals surface area contributed by atoms with E-state index < -0.39 is 0 Å². The maximum absolute atomic E-state index is 5.16. The van der Waals surface area contributed by atoms with Crippen LogP contribution in [0.15, 0.2) is 0 Å². The molecule has 0 bridgehead atoms. The van der Waals surface area contributed by atoms with Gasteiger partial charge in [-0.05, 0) is 27.7 Å². The van der Waals surface area contributed by atoms with Crippen LogP contribution in [-0.2, 0) is 13.0 Å². The third kappa shape index (κ3) is 10.3. The van der Waals surface area contributed by atoms with E-state index in [0.29, 0.717) is 0 Å². The average molecular weight is 190 g/mol. The lowest BCUT2D eigenvalue weighted by molar-refractivity contribution is 0.191. The van der Waals surface area contributed by atoms with E-state index in [4.69, 9.17) is 13.0 Å². The van der Waals surface area contributed by atoms with Gasteiger partial charge in [0.1, 0.15) is 0 Å². The van der Waals surface area contributed by atoms with E-state index in [1.54, 1.807) is 0 Å². The van der Waals surface area contributed by atoms with Crippen molar-refractivity contribution in [1.82, 2.24) is 0 Å². The monoisotopic (exact) mass is 190 g/mol. The van der Waals surface area contributed by atoms with Crippen LogP contribution in [0.1, 0.15) is 27.7 Å². The summed E-state index contributed by atoms with van der Waals surface area (Å²) in [6.45, 7) is 7.90. The molecule has 0 aliphatic heterocycles. The van der Waals surface area contributed by atoms with E-state index >= 15 is 0 Å². The zero-order valence-electron chi connectivity index (χ0n) is 7.38. The van der Waals surface area contributed by atoms with Gasteiger partial charge in [0.15, 0.2) is 0 Å². The highest BCUT2D eigenvalue weighted by molar-refractivity contribution is 6.34. The molecule has 0 saturated carbocycles. The third-order valence-electron chi connectivity index (χ3n) is 0.651. The van der Waals surface area contributed by atoms with Gasteiger partial charge in [0, 0.05) is 12.2 Å².